The Hall–Kier alpha value is -3.90. The first-order chi connectivity index (χ1) is 21.6. The van der Waals surface area contributed by atoms with Gasteiger partial charge in [-0.2, -0.15) is 0 Å². The third-order valence-corrected chi connectivity index (χ3v) is 10.2. The maximum absolute atomic E-state index is 13.2. The van der Waals surface area contributed by atoms with Crippen LogP contribution < -0.4 is 34.3 Å². The molecule has 0 radical (unpaired) electrons. The van der Waals surface area contributed by atoms with E-state index in [4.69, 9.17) is 28.4 Å². The number of methoxy groups -OCH3 is 3. The van der Waals surface area contributed by atoms with Crippen LogP contribution in [0.2, 0.25) is 0 Å². The van der Waals surface area contributed by atoms with Crippen molar-refractivity contribution in [3.8, 4) is 28.7 Å². The second-order valence-corrected chi connectivity index (χ2v) is 12.6. The van der Waals surface area contributed by atoms with Gasteiger partial charge in [-0.25, -0.2) is 4.79 Å². The van der Waals surface area contributed by atoms with Crippen LogP contribution in [0.25, 0.3) is 0 Å². The van der Waals surface area contributed by atoms with E-state index in [9.17, 15) is 19.8 Å². The van der Waals surface area contributed by atoms with Crippen molar-refractivity contribution in [2.45, 2.75) is 64.7 Å². The zero-order chi connectivity index (χ0) is 32.4. The van der Waals surface area contributed by atoms with E-state index < -0.39 is 29.1 Å². The molecule has 0 unspecified atom stereocenters. The second kappa shape index (κ2) is 13.2. The molecule has 1 aliphatic heterocycles. The highest BCUT2D eigenvalue weighted by Gasteiger charge is 2.60. The molecular weight excluding hydrogens is 584 g/mol. The van der Waals surface area contributed by atoms with Gasteiger partial charge >= 0.3 is 6.09 Å². The maximum Gasteiger partial charge on any atom is 0.411 e. The molecule has 0 aromatic heterocycles. The summed E-state index contributed by atoms with van der Waals surface area (Å²) in [6, 6.07) is 8.77. The van der Waals surface area contributed by atoms with E-state index in [1.165, 1.54) is 21.3 Å². The molecule has 45 heavy (non-hydrogen) atoms. The number of rotatable bonds is 10. The predicted molar refractivity (Wildman–Crippen MR) is 164 cm³/mol. The first kappa shape index (κ1) is 32.5. The second-order valence-electron chi connectivity index (χ2n) is 12.6. The highest BCUT2D eigenvalue weighted by Crippen LogP contribution is 2.61. The number of aliphatic hydroxyl groups is 2. The van der Waals surface area contributed by atoms with Gasteiger partial charge in [-0.15, -0.1) is 0 Å². The standard InChI is InChI=1S/C33H44N2O10/c1-32-11-10-28(45-31(39)35-20-13-25(40-3)30(42-5)26(14-20)41-4)33(2,17-36)27(32)9-7-22(37)21(32)15-29(38)34-16-19-6-8-23-24(12-19)44-18-43-23/h6,8,12-14,21-22,27-28,36-37H,7,9-11,15-18H2,1-5H3,(H,34,38)(H,35,39)/t21-,22-,27-,28-,32+,33+/m1/s1. The van der Waals surface area contributed by atoms with Crippen LogP contribution in [0.1, 0.15) is 51.5 Å². The van der Waals surface area contributed by atoms with Gasteiger partial charge in [0.2, 0.25) is 18.4 Å². The fraction of sp³-hybridized carbons (Fsp3) is 0.576. The molecule has 0 saturated heterocycles. The molecule has 0 spiro atoms. The molecule has 2 fully saturated rings. The number of aliphatic hydroxyl groups excluding tert-OH is 2. The minimum atomic E-state index is -0.791. The number of hydrogen-bond donors (Lipinski definition) is 4. The van der Waals surface area contributed by atoms with Gasteiger partial charge in [0, 0.05) is 30.5 Å². The topological polar surface area (TPSA) is 154 Å². The Morgan fingerprint density at radius 3 is 2.36 bits per heavy atom. The summed E-state index contributed by atoms with van der Waals surface area (Å²) in [7, 11) is 4.47. The lowest BCUT2D eigenvalue weighted by molar-refractivity contribution is -0.185. The number of benzene rings is 2. The van der Waals surface area contributed by atoms with Crippen LogP contribution in [0.15, 0.2) is 30.3 Å². The molecule has 2 amide bonds. The van der Waals surface area contributed by atoms with Crippen molar-refractivity contribution in [1.29, 1.82) is 0 Å². The molecule has 0 bridgehead atoms. The van der Waals surface area contributed by atoms with Crippen LogP contribution in [0.4, 0.5) is 10.5 Å². The average Bonchev–Trinajstić information content (AvgIpc) is 3.51. The van der Waals surface area contributed by atoms with E-state index in [-0.39, 0.29) is 37.6 Å². The van der Waals surface area contributed by atoms with E-state index in [1.807, 2.05) is 25.1 Å². The lowest BCUT2D eigenvalue weighted by Gasteiger charge is -2.60. The van der Waals surface area contributed by atoms with Crippen molar-refractivity contribution in [3.63, 3.8) is 0 Å². The number of fused-ring (bicyclic) bond motifs is 2. The van der Waals surface area contributed by atoms with Gasteiger partial charge in [0.05, 0.1) is 39.7 Å². The fourth-order valence-electron chi connectivity index (χ4n) is 7.73. The Morgan fingerprint density at radius 1 is 0.978 bits per heavy atom. The van der Waals surface area contributed by atoms with Gasteiger partial charge in [-0.05, 0) is 60.6 Å². The molecule has 2 aliphatic carbocycles. The predicted octanol–water partition coefficient (Wildman–Crippen LogP) is 4.25. The highest BCUT2D eigenvalue weighted by atomic mass is 16.7. The summed E-state index contributed by atoms with van der Waals surface area (Å²) >= 11 is 0. The summed E-state index contributed by atoms with van der Waals surface area (Å²) in [6.07, 6.45) is 0.436. The molecule has 2 aromatic carbocycles. The molecular formula is C33H44N2O10. The Kier molecular flexibility index (Phi) is 9.54. The first-order valence-corrected chi connectivity index (χ1v) is 15.3. The summed E-state index contributed by atoms with van der Waals surface area (Å²) in [4.78, 5) is 26.4. The zero-order valence-electron chi connectivity index (χ0n) is 26.5. The molecule has 5 rings (SSSR count). The Balaban J connectivity index is 1.26. The highest BCUT2D eigenvalue weighted by molar-refractivity contribution is 5.86. The lowest BCUT2D eigenvalue weighted by Crippen LogP contribution is -2.61. The molecule has 6 atom stereocenters. The largest absolute Gasteiger partial charge is 0.493 e. The third kappa shape index (κ3) is 6.30. The molecule has 1 heterocycles. The molecule has 12 nitrogen and oxygen atoms in total. The van der Waals surface area contributed by atoms with E-state index in [0.717, 1.165) is 5.56 Å². The van der Waals surface area contributed by atoms with Crippen LogP contribution >= 0.6 is 0 Å². The van der Waals surface area contributed by atoms with E-state index >= 15 is 0 Å². The summed E-state index contributed by atoms with van der Waals surface area (Å²) in [5, 5.41) is 27.7. The molecule has 3 aliphatic rings. The zero-order valence-corrected chi connectivity index (χ0v) is 26.5. The number of amides is 2. The summed E-state index contributed by atoms with van der Waals surface area (Å²) in [6.45, 7) is 4.32. The van der Waals surface area contributed by atoms with Crippen molar-refractivity contribution in [3.05, 3.63) is 35.9 Å². The van der Waals surface area contributed by atoms with E-state index in [2.05, 4.69) is 17.6 Å². The number of anilines is 1. The third-order valence-electron chi connectivity index (χ3n) is 10.2. The van der Waals surface area contributed by atoms with Gasteiger partial charge < -0.3 is 44.0 Å². The molecule has 246 valence electrons. The molecule has 4 N–H and O–H groups in total. The van der Waals surface area contributed by atoms with Crippen LogP contribution in [0.3, 0.4) is 0 Å². The van der Waals surface area contributed by atoms with Gasteiger partial charge in [0.15, 0.2) is 23.0 Å². The van der Waals surface area contributed by atoms with Gasteiger partial charge in [-0.1, -0.05) is 19.9 Å². The minimum Gasteiger partial charge on any atom is -0.493 e. The minimum absolute atomic E-state index is 0.0993. The van der Waals surface area contributed by atoms with E-state index in [0.29, 0.717) is 66.7 Å². The van der Waals surface area contributed by atoms with Crippen LogP contribution in [-0.2, 0) is 16.1 Å². The lowest BCUT2D eigenvalue weighted by atomic mass is 9.46. The monoisotopic (exact) mass is 628 g/mol. The SMILES string of the molecule is COc1cc(NC(=O)O[C@@H]2CC[C@]3(C)[C@@H](CC[C@@H](O)[C@H]3CC(=O)NCc3ccc4c(c3)OCO4)[C@]2(C)CO)cc(OC)c1OC. The number of carbonyl (C=O) groups excluding carboxylic acids is 2. The van der Waals surface area contributed by atoms with Crippen LogP contribution in [0.5, 0.6) is 28.7 Å². The van der Waals surface area contributed by atoms with Crippen molar-refractivity contribution in [2.24, 2.45) is 22.7 Å². The molecule has 12 heteroatoms. The van der Waals surface area contributed by atoms with E-state index in [1.54, 1.807) is 12.1 Å². The number of nitrogens with one attached hydrogen (secondary N) is 2. The maximum atomic E-state index is 13.2. The summed E-state index contributed by atoms with van der Waals surface area (Å²) < 4.78 is 32.9. The summed E-state index contributed by atoms with van der Waals surface area (Å²) in [5.41, 5.74) is 0.0314. The summed E-state index contributed by atoms with van der Waals surface area (Å²) in [5.74, 6) is 1.91. The average molecular weight is 629 g/mol. The molecule has 2 saturated carbocycles. The Labute approximate surface area is 263 Å². The van der Waals surface area contributed by atoms with Gasteiger partial charge in [0.1, 0.15) is 6.10 Å². The van der Waals surface area contributed by atoms with Crippen molar-refractivity contribution in [1.82, 2.24) is 5.32 Å². The Bertz CT molecular complexity index is 1380. The number of hydrogen-bond acceptors (Lipinski definition) is 10. The van der Waals surface area contributed by atoms with Gasteiger partial charge in [-0.3, -0.25) is 10.1 Å². The van der Waals surface area contributed by atoms with Crippen LogP contribution in [-0.4, -0.2) is 69.2 Å². The van der Waals surface area contributed by atoms with Crippen LogP contribution in [0, 0.1) is 22.7 Å². The number of carbonyl (C=O) groups is 2. The normalized spacial score (nSPS) is 28.4. The van der Waals surface area contributed by atoms with Gasteiger partial charge in [0.25, 0.3) is 0 Å². The Morgan fingerprint density at radius 2 is 1.69 bits per heavy atom. The quantitative estimate of drug-likeness (QED) is 0.300. The van der Waals surface area contributed by atoms with Crippen molar-refractivity contribution < 1.29 is 48.2 Å². The number of ether oxygens (including phenoxy) is 6. The molecule has 2 aromatic rings. The van der Waals surface area contributed by atoms with Crippen molar-refractivity contribution in [2.75, 3.05) is 40.0 Å². The first-order valence-electron chi connectivity index (χ1n) is 15.3. The van der Waals surface area contributed by atoms with Crippen molar-refractivity contribution >= 4 is 17.7 Å². The smallest absolute Gasteiger partial charge is 0.411 e. The fourth-order valence-corrected chi connectivity index (χ4v) is 7.73.